The van der Waals surface area contributed by atoms with Crippen LogP contribution in [0.15, 0.2) is 42.5 Å². The average Bonchev–Trinajstić information content (AvgIpc) is 3.51. The standard InChI is InChI=1S/C23H22N6O4S/c1-3-13(2)19(26-22(31)25-16-7-4-14(11-24)5-8-16)20(30)27-23-29-28-21(34-23)15-6-9-17-18(10-15)33-12-32-17/h4-10,13,19H,3,12H2,1-2H3,(H2,25,26,31)(H,27,29,30). The van der Waals surface area contributed by atoms with Crippen molar-refractivity contribution < 1.29 is 19.1 Å². The number of nitriles is 1. The zero-order valence-corrected chi connectivity index (χ0v) is 19.3. The summed E-state index contributed by atoms with van der Waals surface area (Å²) in [5.74, 6) is 0.779. The first-order valence-corrected chi connectivity index (χ1v) is 11.4. The minimum Gasteiger partial charge on any atom is -0.454 e. The summed E-state index contributed by atoms with van der Waals surface area (Å²) in [6.45, 7) is 4.00. The number of nitrogens with zero attached hydrogens (tertiary/aromatic N) is 3. The van der Waals surface area contributed by atoms with E-state index in [9.17, 15) is 9.59 Å². The molecule has 2 aromatic carbocycles. The second-order valence-corrected chi connectivity index (χ2v) is 8.60. The highest BCUT2D eigenvalue weighted by Gasteiger charge is 2.27. The second kappa shape index (κ2) is 10.2. The molecule has 34 heavy (non-hydrogen) atoms. The van der Waals surface area contributed by atoms with E-state index in [1.807, 2.05) is 32.0 Å². The molecule has 11 heteroatoms. The van der Waals surface area contributed by atoms with Crippen LogP contribution < -0.4 is 25.4 Å². The SMILES string of the molecule is CCC(C)C(NC(=O)Nc1ccc(C#N)cc1)C(=O)Nc1nnc(-c2ccc3c(c2)OCO3)s1. The molecule has 3 amide bonds. The van der Waals surface area contributed by atoms with Gasteiger partial charge in [-0.1, -0.05) is 31.6 Å². The molecule has 10 nitrogen and oxygen atoms in total. The number of amides is 3. The van der Waals surface area contributed by atoms with Crippen molar-refractivity contribution in [3.63, 3.8) is 0 Å². The summed E-state index contributed by atoms with van der Waals surface area (Å²) in [4.78, 5) is 25.5. The normalized spacial score (nSPS) is 13.4. The van der Waals surface area contributed by atoms with Crippen LogP contribution in [0.25, 0.3) is 10.6 Å². The minimum atomic E-state index is -0.790. The maximum Gasteiger partial charge on any atom is 0.319 e. The zero-order valence-electron chi connectivity index (χ0n) is 18.5. The number of nitrogens with one attached hydrogen (secondary N) is 3. The molecule has 0 bridgehead atoms. The smallest absolute Gasteiger partial charge is 0.319 e. The Labute approximate surface area is 199 Å². The van der Waals surface area contributed by atoms with Gasteiger partial charge in [0.25, 0.3) is 0 Å². The molecule has 0 radical (unpaired) electrons. The lowest BCUT2D eigenvalue weighted by Gasteiger charge is -2.23. The van der Waals surface area contributed by atoms with Gasteiger partial charge in [-0.15, -0.1) is 10.2 Å². The zero-order chi connectivity index (χ0) is 24.1. The molecule has 0 saturated heterocycles. The van der Waals surface area contributed by atoms with Crippen LogP contribution in [0, 0.1) is 17.2 Å². The Hall–Kier alpha value is -4.17. The molecule has 0 fully saturated rings. The number of ether oxygens (including phenoxy) is 2. The van der Waals surface area contributed by atoms with Gasteiger partial charge in [0.1, 0.15) is 11.0 Å². The van der Waals surface area contributed by atoms with Gasteiger partial charge in [0.2, 0.25) is 17.8 Å². The fraction of sp³-hybridized carbons (Fsp3) is 0.261. The van der Waals surface area contributed by atoms with Gasteiger partial charge in [0, 0.05) is 11.3 Å². The Morgan fingerprint density at radius 2 is 1.88 bits per heavy atom. The van der Waals surface area contributed by atoms with Gasteiger partial charge in [-0.25, -0.2) is 4.79 Å². The maximum atomic E-state index is 13.0. The summed E-state index contributed by atoms with van der Waals surface area (Å²) < 4.78 is 10.7. The van der Waals surface area contributed by atoms with Gasteiger partial charge in [0.15, 0.2) is 11.5 Å². The third-order valence-electron chi connectivity index (χ3n) is 5.33. The first kappa shape index (κ1) is 23.0. The summed E-state index contributed by atoms with van der Waals surface area (Å²) in [6.07, 6.45) is 0.674. The van der Waals surface area contributed by atoms with Crippen molar-refractivity contribution in [3.05, 3.63) is 48.0 Å². The minimum absolute atomic E-state index is 0.132. The van der Waals surface area contributed by atoms with Crippen LogP contribution in [0.4, 0.5) is 15.6 Å². The number of aromatic nitrogens is 2. The molecule has 3 aromatic rings. The number of benzene rings is 2. The fourth-order valence-corrected chi connectivity index (χ4v) is 3.98. The Kier molecular flexibility index (Phi) is 6.89. The Balaban J connectivity index is 1.41. The molecule has 2 unspecified atom stereocenters. The predicted octanol–water partition coefficient (Wildman–Crippen LogP) is 3.98. The molecule has 2 atom stereocenters. The van der Waals surface area contributed by atoms with Crippen LogP contribution in [0.3, 0.4) is 0 Å². The highest BCUT2D eigenvalue weighted by molar-refractivity contribution is 7.18. The Bertz CT molecular complexity index is 1240. The van der Waals surface area contributed by atoms with E-state index in [2.05, 4.69) is 26.1 Å². The number of fused-ring (bicyclic) bond motifs is 1. The van der Waals surface area contributed by atoms with Gasteiger partial charge in [-0.3, -0.25) is 10.1 Å². The lowest BCUT2D eigenvalue weighted by atomic mass is 9.98. The van der Waals surface area contributed by atoms with Crippen molar-refractivity contribution in [1.29, 1.82) is 5.26 Å². The van der Waals surface area contributed by atoms with E-state index in [-0.39, 0.29) is 12.7 Å². The van der Waals surface area contributed by atoms with E-state index < -0.39 is 18.0 Å². The first-order valence-electron chi connectivity index (χ1n) is 10.6. The molecule has 0 aliphatic carbocycles. The number of anilines is 2. The number of hydrogen-bond donors (Lipinski definition) is 3. The largest absolute Gasteiger partial charge is 0.454 e. The van der Waals surface area contributed by atoms with E-state index in [1.54, 1.807) is 30.3 Å². The number of rotatable bonds is 7. The molecule has 3 N–H and O–H groups in total. The molecule has 4 rings (SSSR count). The fourth-order valence-electron chi connectivity index (χ4n) is 3.24. The number of urea groups is 1. The summed E-state index contributed by atoms with van der Waals surface area (Å²) in [5, 5.41) is 26.2. The average molecular weight is 479 g/mol. The summed E-state index contributed by atoms with van der Waals surface area (Å²) >= 11 is 1.22. The predicted molar refractivity (Wildman–Crippen MR) is 127 cm³/mol. The highest BCUT2D eigenvalue weighted by atomic mass is 32.1. The van der Waals surface area contributed by atoms with Gasteiger partial charge in [-0.2, -0.15) is 5.26 Å². The quantitative estimate of drug-likeness (QED) is 0.467. The molecular weight excluding hydrogens is 456 g/mol. The third kappa shape index (κ3) is 5.24. The van der Waals surface area contributed by atoms with Crippen molar-refractivity contribution in [2.45, 2.75) is 26.3 Å². The number of carbonyl (C=O) groups is 2. The molecule has 174 valence electrons. The van der Waals surface area contributed by atoms with Crippen LogP contribution in [-0.4, -0.2) is 35.0 Å². The Morgan fingerprint density at radius 3 is 2.62 bits per heavy atom. The molecule has 0 saturated carbocycles. The van der Waals surface area contributed by atoms with E-state index in [1.165, 1.54) is 11.3 Å². The summed E-state index contributed by atoms with van der Waals surface area (Å²) in [7, 11) is 0. The van der Waals surface area contributed by atoms with Crippen LogP contribution in [-0.2, 0) is 4.79 Å². The number of carbonyl (C=O) groups excluding carboxylic acids is 2. The van der Waals surface area contributed by atoms with E-state index >= 15 is 0 Å². The van der Waals surface area contributed by atoms with E-state index in [0.29, 0.717) is 39.3 Å². The molecule has 1 aromatic heterocycles. The van der Waals surface area contributed by atoms with Crippen molar-refractivity contribution >= 4 is 34.1 Å². The van der Waals surface area contributed by atoms with Crippen molar-refractivity contribution in [3.8, 4) is 28.1 Å². The Morgan fingerprint density at radius 1 is 1.12 bits per heavy atom. The summed E-state index contributed by atoms with van der Waals surface area (Å²) in [6, 6.07) is 12.6. The van der Waals surface area contributed by atoms with Gasteiger partial charge < -0.3 is 20.1 Å². The topological polar surface area (TPSA) is 138 Å². The molecular formula is C23H22N6O4S. The molecule has 0 spiro atoms. The van der Waals surface area contributed by atoms with Crippen molar-refractivity contribution in [1.82, 2.24) is 15.5 Å². The second-order valence-electron chi connectivity index (χ2n) is 7.62. The lowest BCUT2D eigenvalue weighted by Crippen LogP contribution is -2.49. The molecule has 1 aliphatic heterocycles. The van der Waals surface area contributed by atoms with E-state index in [4.69, 9.17) is 14.7 Å². The van der Waals surface area contributed by atoms with Crippen LogP contribution >= 0.6 is 11.3 Å². The van der Waals surface area contributed by atoms with Gasteiger partial charge >= 0.3 is 6.03 Å². The first-order chi connectivity index (χ1) is 16.5. The highest BCUT2D eigenvalue weighted by Crippen LogP contribution is 2.37. The van der Waals surface area contributed by atoms with Crippen LogP contribution in [0.1, 0.15) is 25.8 Å². The summed E-state index contributed by atoms with van der Waals surface area (Å²) in [5.41, 5.74) is 1.79. The van der Waals surface area contributed by atoms with Crippen LogP contribution in [0.2, 0.25) is 0 Å². The maximum absolute atomic E-state index is 13.0. The van der Waals surface area contributed by atoms with Gasteiger partial charge in [-0.05, 0) is 48.4 Å². The van der Waals surface area contributed by atoms with Crippen LogP contribution in [0.5, 0.6) is 11.5 Å². The molecule has 2 heterocycles. The van der Waals surface area contributed by atoms with Gasteiger partial charge in [0.05, 0.1) is 11.6 Å². The van der Waals surface area contributed by atoms with Crippen molar-refractivity contribution in [2.75, 3.05) is 17.4 Å². The monoisotopic (exact) mass is 478 g/mol. The lowest BCUT2D eigenvalue weighted by molar-refractivity contribution is -0.119. The number of hydrogen-bond acceptors (Lipinski definition) is 8. The molecule has 1 aliphatic rings. The van der Waals surface area contributed by atoms with E-state index in [0.717, 1.165) is 5.56 Å². The third-order valence-corrected chi connectivity index (χ3v) is 6.22. The van der Waals surface area contributed by atoms with Crippen molar-refractivity contribution in [2.24, 2.45) is 5.92 Å².